The predicted octanol–water partition coefficient (Wildman–Crippen LogP) is 1.62. The normalized spacial score (nSPS) is 11.0. The molecule has 0 radical (unpaired) electrons. The van der Waals surface area contributed by atoms with E-state index in [0.717, 1.165) is 0 Å². The van der Waals surface area contributed by atoms with Gasteiger partial charge in [0.05, 0.1) is 0 Å². The molecule has 0 unspecified atom stereocenters. The van der Waals surface area contributed by atoms with Gasteiger partial charge in [-0.15, -0.1) is 0 Å². The van der Waals surface area contributed by atoms with Crippen LogP contribution in [0.5, 0.6) is 0 Å². The van der Waals surface area contributed by atoms with E-state index in [2.05, 4.69) is 6.58 Å². The van der Waals surface area contributed by atoms with E-state index in [-0.39, 0.29) is 0 Å². The number of hydrogen-bond acceptors (Lipinski definition) is 0. The van der Waals surface area contributed by atoms with Crippen molar-refractivity contribution < 1.29 is 20.4 Å². The van der Waals surface area contributed by atoms with Gasteiger partial charge in [-0.05, 0) is 0 Å². The zero-order chi connectivity index (χ0) is 4.99. The first-order valence-corrected chi connectivity index (χ1v) is 2.59. The van der Waals surface area contributed by atoms with Crippen molar-refractivity contribution in [1.82, 2.24) is 0 Å². The molecule has 0 rings (SSSR count). The Balaban J connectivity index is 3.50. The second-order valence-electron chi connectivity index (χ2n) is 0.948. The van der Waals surface area contributed by atoms with Crippen LogP contribution in [0.25, 0.3) is 0 Å². The van der Waals surface area contributed by atoms with E-state index in [1.165, 1.54) is 3.88 Å². The molecule has 6 heavy (non-hydrogen) atoms. The van der Waals surface area contributed by atoms with Crippen LogP contribution in [-0.4, -0.2) is 0 Å². The number of hydrogen-bond donors (Lipinski definition) is 0. The van der Waals surface area contributed by atoms with Crippen molar-refractivity contribution in [2.75, 3.05) is 0 Å². The summed E-state index contributed by atoms with van der Waals surface area (Å²) in [5.41, 5.74) is 0. The molecule has 0 amide bonds. The van der Waals surface area contributed by atoms with Gasteiger partial charge in [0.2, 0.25) is 0 Å². The van der Waals surface area contributed by atoms with Gasteiger partial charge in [-0.25, -0.2) is 0 Å². The monoisotopic (exact) mass is 115 g/mol. The molecule has 0 spiro atoms. The van der Waals surface area contributed by atoms with Gasteiger partial charge in [-0.1, -0.05) is 0 Å². The van der Waals surface area contributed by atoms with Gasteiger partial charge in [0.25, 0.3) is 0 Å². The van der Waals surface area contributed by atoms with Crippen LogP contribution >= 0.6 is 0 Å². The molecule has 30 valence electrons. The Kier molecular flexibility index (Phi) is 3.50. The van der Waals surface area contributed by atoms with Crippen LogP contribution in [0.15, 0.2) is 22.6 Å². The minimum atomic E-state index is 1.23. The van der Waals surface area contributed by atoms with Crippen molar-refractivity contribution >= 4 is 0 Å². The third kappa shape index (κ3) is 2.43. The Morgan fingerprint density at radius 1 is 1.83 bits per heavy atom. The first kappa shape index (κ1) is 6.19. The summed E-state index contributed by atoms with van der Waals surface area (Å²) >= 11 is 2.02. The molecule has 0 aliphatic carbocycles. The molecule has 0 aromatic rings. The van der Waals surface area contributed by atoms with Crippen LogP contribution in [0.3, 0.4) is 0 Å². The summed E-state index contributed by atoms with van der Waals surface area (Å²) in [6.07, 6.45) is 3.85. The molecular formula is C5H7Ti+. The van der Waals surface area contributed by atoms with Crippen molar-refractivity contribution in [1.29, 1.82) is 0 Å². The molecule has 0 aliphatic heterocycles. The van der Waals surface area contributed by atoms with Crippen LogP contribution in [0.2, 0.25) is 0 Å². The summed E-state index contributed by atoms with van der Waals surface area (Å²) in [6, 6.07) is 0. The Bertz CT molecular complexity index is 72.0. The van der Waals surface area contributed by atoms with Gasteiger partial charge in [0, 0.05) is 0 Å². The number of rotatable bonds is 1. The van der Waals surface area contributed by atoms with Gasteiger partial charge < -0.3 is 0 Å². The molecule has 0 bridgehead atoms. The van der Waals surface area contributed by atoms with Crippen LogP contribution in [0.1, 0.15) is 6.92 Å². The average molecular weight is 115 g/mol. The van der Waals surface area contributed by atoms with Crippen LogP contribution in [-0.2, 0) is 20.4 Å². The SMILES string of the molecule is C=C[C]([Ti+])=CC. The van der Waals surface area contributed by atoms with Crippen LogP contribution in [0, 0.1) is 0 Å². The van der Waals surface area contributed by atoms with E-state index in [1.807, 2.05) is 39.5 Å². The van der Waals surface area contributed by atoms with Gasteiger partial charge in [-0.3, -0.25) is 0 Å². The van der Waals surface area contributed by atoms with Crippen molar-refractivity contribution in [3.63, 3.8) is 0 Å². The Morgan fingerprint density at radius 3 is 2.33 bits per heavy atom. The second-order valence-corrected chi connectivity index (χ2v) is 1.85. The maximum atomic E-state index is 3.56. The molecule has 0 fully saturated rings. The molecule has 0 N–H and O–H groups in total. The standard InChI is InChI=1S/C5H7.Ti/c1-3-5-4-2;/h3-4H,1H2,2H3;/q;+1. The van der Waals surface area contributed by atoms with Crippen molar-refractivity contribution in [3.05, 3.63) is 22.6 Å². The van der Waals surface area contributed by atoms with Crippen molar-refractivity contribution in [3.8, 4) is 0 Å². The molecule has 0 saturated carbocycles. The van der Waals surface area contributed by atoms with Gasteiger partial charge in [0.15, 0.2) is 0 Å². The zero-order valence-electron chi connectivity index (χ0n) is 3.86. The van der Waals surface area contributed by atoms with Gasteiger partial charge in [-0.2, -0.15) is 0 Å². The first-order chi connectivity index (χ1) is 2.81. The molecule has 0 heterocycles. The van der Waals surface area contributed by atoms with Gasteiger partial charge in [0.1, 0.15) is 0 Å². The van der Waals surface area contributed by atoms with Crippen molar-refractivity contribution in [2.24, 2.45) is 0 Å². The summed E-state index contributed by atoms with van der Waals surface area (Å²) in [5.74, 6) is 0. The van der Waals surface area contributed by atoms with E-state index in [1.54, 1.807) is 0 Å². The quantitative estimate of drug-likeness (QED) is 0.359. The molecule has 0 atom stereocenters. The summed E-state index contributed by atoms with van der Waals surface area (Å²) in [5, 5.41) is 0. The van der Waals surface area contributed by atoms with Crippen LogP contribution < -0.4 is 0 Å². The predicted molar refractivity (Wildman–Crippen MR) is 24.0 cm³/mol. The molecular weight excluding hydrogens is 108 g/mol. The topological polar surface area (TPSA) is 0 Å². The van der Waals surface area contributed by atoms with E-state index >= 15 is 0 Å². The molecule has 0 aliphatic rings. The summed E-state index contributed by atoms with van der Waals surface area (Å²) in [7, 11) is 0. The summed E-state index contributed by atoms with van der Waals surface area (Å²) < 4.78 is 1.23. The Morgan fingerprint density at radius 2 is 2.33 bits per heavy atom. The first-order valence-electron chi connectivity index (χ1n) is 1.81. The molecule has 0 aromatic carbocycles. The van der Waals surface area contributed by atoms with E-state index in [0.29, 0.717) is 0 Å². The second kappa shape index (κ2) is 3.39. The summed E-state index contributed by atoms with van der Waals surface area (Å²) in [6.45, 7) is 5.56. The average Bonchev–Trinajstić information content (AvgIpc) is 1.65. The number of allylic oxidation sites excluding steroid dienone is 3. The third-order valence-electron chi connectivity index (χ3n) is 0.531. The van der Waals surface area contributed by atoms with E-state index in [4.69, 9.17) is 0 Å². The maximum absolute atomic E-state index is 3.56. The fourth-order valence-corrected chi connectivity index (χ4v) is 0.118. The van der Waals surface area contributed by atoms with E-state index < -0.39 is 0 Å². The zero-order valence-corrected chi connectivity index (χ0v) is 5.42. The molecule has 0 nitrogen and oxygen atoms in total. The molecule has 1 heteroatoms. The fraction of sp³-hybridized carbons (Fsp3) is 0.200. The third-order valence-corrected chi connectivity index (χ3v) is 1.30. The van der Waals surface area contributed by atoms with Crippen molar-refractivity contribution in [2.45, 2.75) is 6.92 Å². The summed E-state index contributed by atoms with van der Waals surface area (Å²) in [4.78, 5) is 0. The minimum absolute atomic E-state index is 1.23. The van der Waals surface area contributed by atoms with E-state index in [9.17, 15) is 0 Å². The Hall–Kier alpha value is 0.194. The molecule has 0 aromatic heterocycles. The molecule has 0 saturated heterocycles. The fourth-order valence-electron chi connectivity index (χ4n) is 0.118. The van der Waals surface area contributed by atoms with Crippen LogP contribution in [0.4, 0.5) is 0 Å². The van der Waals surface area contributed by atoms with Gasteiger partial charge >= 0.3 is 50.0 Å². The Labute approximate surface area is 50.3 Å².